The topological polar surface area (TPSA) is 52.6 Å². The van der Waals surface area contributed by atoms with E-state index in [-0.39, 0.29) is 11.7 Å². The molecule has 2 saturated heterocycles. The summed E-state index contributed by atoms with van der Waals surface area (Å²) in [5.74, 6) is 0.313. The van der Waals surface area contributed by atoms with Crippen molar-refractivity contribution in [3.05, 3.63) is 29.3 Å². The van der Waals surface area contributed by atoms with E-state index in [4.69, 9.17) is 0 Å². The number of phenols is 1. The number of piperidine rings is 1. The van der Waals surface area contributed by atoms with Crippen LogP contribution < -0.4 is 5.32 Å². The molecule has 0 spiro atoms. The molecule has 3 rings (SSSR count). The molecule has 4 heteroatoms. The largest absolute Gasteiger partial charge is 0.508 e. The molecule has 0 radical (unpaired) electrons. The zero-order valence-electron chi connectivity index (χ0n) is 12.8. The van der Waals surface area contributed by atoms with Crippen molar-refractivity contribution in [3.8, 4) is 5.75 Å². The molecule has 2 heterocycles. The molecule has 2 N–H and O–H groups in total. The maximum atomic E-state index is 12.9. The van der Waals surface area contributed by atoms with Gasteiger partial charge in [0.15, 0.2) is 0 Å². The summed E-state index contributed by atoms with van der Waals surface area (Å²) in [5.41, 5.74) is 1.55. The molecule has 1 aromatic rings. The van der Waals surface area contributed by atoms with Gasteiger partial charge in [-0.15, -0.1) is 0 Å². The molecule has 1 amide bonds. The number of hydrogen-bond acceptors (Lipinski definition) is 3. The van der Waals surface area contributed by atoms with E-state index < -0.39 is 0 Å². The van der Waals surface area contributed by atoms with Crippen LogP contribution in [0.15, 0.2) is 18.2 Å². The molecule has 2 aliphatic rings. The fourth-order valence-corrected chi connectivity index (χ4v) is 3.89. The van der Waals surface area contributed by atoms with Gasteiger partial charge in [-0.25, -0.2) is 0 Å². The number of rotatable bonds is 3. The molecule has 2 fully saturated rings. The predicted octanol–water partition coefficient (Wildman–Crippen LogP) is 2.45. The first-order valence-corrected chi connectivity index (χ1v) is 7.95. The average Bonchev–Trinajstić information content (AvgIpc) is 2.78. The van der Waals surface area contributed by atoms with Crippen LogP contribution in [-0.2, 0) is 0 Å². The summed E-state index contributed by atoms with van der Waals surface area (Å²) in [6, 6.07) is 6.50. The minimum atomic E-state index is 0.0984. The molecule has 2 atom stereocenters. The first-order valence-electron chi connectivity index (χ1n) is 7.95. The minimum Gasteiger partial charge on any atom is -0.508 e. The Morgan fingerprint density at radius 2 is 2.00 bits per heavy atom. The number of hydrogen-bond donors (Lipinski definition) is 2. The van der Waals surface area contributed by atoms with E-state index in [9.17, 15) is 9.90 Å². The summed E-state index contributed by atoms with van der Waals surface area (Å²) in [6.07, 6.45) is 4.61. The number of carbonyl (C=O) groups is 1. The van der Waals surface area contributed by atoms with E-state index >= 15 is 0 Å². The van der Waals surface area contributed by atoms with Crippen molar-refractivity contribution in [1.82, 2.24) is 10.2 Å². The Kier molecular flexibility index (Phi) is 3.89. The first-order chi connectivity index (χ1) is 10.1. The van der Waals surface area contributed by atoms with Crippen LogP contribution in [0.4, 0.5) is 0 Å². The normalized spacial score (nSPS) is 27.6. The second-order valence-corrected chi connectivity index (χ2v) is 6.35. The molecule has 0 aliphatic carbocycles. The van der Waals surface area contributed by atoms with Gasteiger partial charge < -0.3 is 15.3 Å². The maximum absolute atomic E-state index is 12.9. The minimum absolute atomic E-state index is 0.0984. The molecule has 0 saturated carbocycles. The van der Waals surface area contributed by atoms with Crippen LogP contribution in [0.5, 0.6) is 5.75 Å². The molecule has 0 aromatic heterocycles. The van der Waals surface area contributed by atoms with Crippen molar-refractivity contribution in [2.75, 3.05) is 6.54 Å². The van der Waals surface area contributed by atoms with Crippen LogP contribution in [-0.4, -0.2) is 40.6 Å². The van der Waals surface area contributed by atoms with Gasteiger partial charge in [0.2, 0.25) is 0 Å². The zero-order valence-corrected chi connectivity index (χ0v) is 12.8. The monoisotopic (exact) mass is 288 g/mol. The lowest BCUT2D eigenvalue weighted by atomic mass is 9.96. The van der Waals surface area contributed by atoms with Crippen molar-refractivity contribution < 1.29 is 9.90 Å². The third kappa shape index (κ3) is 2.77. The lowest BCUT2D eigenvalue weighted by Crippen LogP contribution is -2.50. The number of nitrogens with zero attached hydrogens (tertiary/aromatic N) is 1. The highest BCUT2D eigenvalue weighted by Gasteiger charge is 2.37. The molecule has 114 valence electrons. The Labute approximate surface area is 126 Å². The predicted molar refractivity (Wildman–Crippen MR) is 82.5 cm³/mol. The average molecular weight is 288 g/mol. The van der Waals surface area contributed by atoms with Crippen LogP contribution in [0.3, 0.4) is 0 Å². The van der Waals surface area contributed by atoms with Crippen LogP contribution in [0, 0.1) is 6.92 Å². The number of nitrogens with one attached hydrogen (secondary N) is 1. The van der Waals surface area contributed by atoms with Gasteiger partial charge in [-0.05, 0) is 63.3 Å². The quantitative estimate of drug-likeness (QED) is 0.898. The van der Waals surface area contributed by atoms with Gasteiger partial charge in [-0.1, -0.05) is 0 Å². The highest BCUT2D eigenvalue weighted by molar-refractivity contribution is 5.96. The zero-order chi connectivity index (χ0) is 15.0. The fraction of sp³-hybridized carbons (Fsp3) is 0.588. The smallest absolute Gasteiger partial charge is 0.254 e. The van der Waals surface area contributed by atoms with E-state index in [0.29, 0.717) is 23.7 Å². The number of aryl methyl sites for hydroxylation is 1. The summed E-state index contributed by atoms with van der Waals surface area (Å²) < 4.78 is 0. The van der Waals surface area contributed by atoms with Gasteiger partial charge in [0.25, 0.3) is 5.91 Å². The Balaban J connectivity index is 1.80. The molecule has 4 nitrogen and oxygen atoms in total. The fourth-order valence-electron chi connectivity index (χ4n) is 3.89. The van der Waals surface area contributed by atoms with Crippen molar-refractivity contribution in [3.63, 3.8) is 0 Å². The highest BCUT2D eigenvalue weighted by atomic mass is 16.3. The Hall–Kier alpha value is -1.55. The highest BCUT2D eigenvalue weighted by Crippen LogP contribution is 2.30. The van der Waals surface area contributed by atoms with Crippen LogP contribution in [0.25, 0.3) is 0 Å². The molecular formula is C17H24N2O2. The standard InChI is InChI=1S/C17H24N2O2/c1-3-19(14-9-12-4-5-13(10-14)18-12)17(21)16-7-6-15(20)8-11(16)2/h6-8,12-14,18,20H,3-5,9-10H2,1-2H3. The van der Waals surface area contributed by atoms with Gasteiger partial charge in [-0.3, -0.25) is 4.79 Å². The van der Waals surface area contributed by atoms with Crippen LogP contribution >= 0.6 is 0 Å². The summed E-state index contributed by atoms with van der Waals surface area (Å²) >= 11 is 0. The van der Waals surface area contributed by atoms with Crippen LogP contribution in [0.1, 0.15) is 48.5 Å². The SMILES string of the molecule is CCN(C(=O)c1ccc(O)cc1C)C1CC2CCC(C1)N2. The Bertz CT molecular complexity index is 532. The van der Waals surface area contributed by atoms with Crippen LogP contribution in [0.2, 0.25) is 0 Å². The third-order valence-electron chi connectivity index (χ3n) is 4.93. The second-order valence-electron chi connectivity index (χ2n) is 6.35. The second kappa shape index (κ2) is 5.68. The number of benzene rings is 1. The molecule has 1 aromatic carbocycles. The number of amides is 1. The first kappa shape index (κ1) is 14.4. The van der Waals surface area contributed by atoms with E-state index in [1.54, 1.807) is 18.2 Å². The van der Waals surface area contributed by atoms with Gasteiger partial charge >= 0.3 is 0 Å². The Morgan fingerprint density at radius 3 is 2.57 bits per heavy atom. The molecule has 2 bridgehead atoms. The van der Waals surface area contributed by atoms with Gasteiger partial charge in [0.05, 0.1) is 0 Å². The van der Waals surface area contributed by atoms with Crippen molar-refractivity contribution >= 4 is 5.91 Å². The van der Waals surface area contributed by atoms with Crippen molar-refractivity contribution in [2.24, 2.45) is 0 Å². The number of aromatic hydroxyl groups is 1. The summed E-state index contributed by atoms with van der Waals surface area (Å²) in [7, 11) is 0. The van der Waals surface area contributed by atoms with Crippen molar-refractivity contribution in [1.29, 1.82) is 0 Å². The number of phenolic OH excluding ortho intramolecular Hbond substituents is 1. The summed E-state index contributed by atoms with van der Waals surface area (Å²) in [4.78, 5) is 14.9. The summed E-state index contributed by atoms with van der Waals surface area (Å²) in [5, 5.41) is 13.1. The lowest BCUT2D eigenvalue weighted by Gasteiger charge is -2.37. The summed E-state index contributed by atoms with van der Waals surface area (Å²) in [6.45, 7) is 4.67. The molecular weight excluding hydrogens is 264 g/mol. The molecule has 21 heavy (non-hydrogen) atoms. The number of carbonyl (C=O) groups excluding carboxylic acids is 1. The maximum Gasteiger partial charge on any atom is 0.254 e. The molecule has 2 unspecified atom stereocenters. The van der Waals surface area contributed by atoms with E-state index in [1.165, 1.54) is 12.8 Å². The van der Waals surface area contributed by atoms with Crippen molar-refractivity contribution in [2.45, 2.75) is 57.7 Å². The lowest BCUT2D eigenvalue weighted by molar-refractivity contribution is 0.0630. The van der Waals surface area contributed by atoms with Gasteiger partial charge in [-0.2, -0.15) is 0 Å². The van der Waals surface area contributed by atoms with E-state index in [0.717, 1.165) is 24.9 Å². The van der Waals surface area contributed by atoms with E-state index in [1.807, 2.05) is 11.8 Å². The van der Waals surface area contributed by atoms with Gasteiger partial charge in [0, 0.05) is 30.2 Å². The molecule has 2 aliphatic heterocycles. The van der Waals surface area contributed by atoms with E-state index in [2.05, 4.69) is 12.2 Å². The third-order valence-corrected chi connectivity index (χ3v) is 4.93. The Morgan fingerprint density at radius 1 is 1.33 bits per heavy atom. The number of fused-ring (bicyclic) bond motifs is 2. The van der Waals surface area contributed by atoms with Gasteiger partial charge in [0.1, 0.15) is 5.75 Å².